The van der Waals surface area contributed by atoms with Crippen LogP contribution in [0.2, 0.25) is 0 Å². The number of carbonyl (C=O) groups is 1. The number of benzene rings is 2. The zero-order valence-corrected chi connectivity index (χ0v) is 13.9. The van der Waals surface area contributed by atoms with Crippen LogP contribution in [0.5, 0.6) is 0 Å². The summed E-state index contributed by atoms with van der Waals surface area (Å²) in [5.74, 6) is -0.0943. The molecule has 1 heterocycles. The van der Waals surface area contributed by atoms with Gasteiger partial charge in [-0.3, -0.25) is 9.48 Å². The molecule has 0 fully saturated rings. The molecule has 0 saturated heterocycles. The van der Waals surface area contributed by atoms with E-state index in [0.717, 1.165) is 11.1 Å². The Morgan fingerprint density at radius 1 is 1.04 bits per heavy atom. The summed E-state index contributed by atoms with van der Waals surface area (Å²) in [6.07, 6.45) is 1.83. The molecule has 3 aromatic rings. The van der Waals surface area contributed by atoms with Crippen LogP contribution in [0.1, 0.15) is 29.8 Å². The first-order valence-electron chi connectivity index (χ1n) is 8.11. The maximum atomic E-state index is 12.6. The minimum Gasteiger partial charge on any atom is -0.350 e. The lowest BCUT2D eigenvalue weighted by molar-refractivity contribution is 0.0943. The molecule has 0 spiro atoms. The number of hydrogen-bond acceptors (Lipinski definition) is 2. The van der Waals surface area contributed by atoms with E-state index in [0.29, 0.717) is 17.8 Å². The molecular weight excluding hydrogens is 298 g/mol. The Hall–Kier alpha value is -2.88. The highest BCUT2D eigenvalue weighted by Crippen LogP contribution is 2.22. The highest BCUT2D eigenvalue weighted by Gasteiger charge is 2.18. The summed E-state index contributed by atoms with van der Waals surface area (Å²) in [5.41, 5.74) is 3.41. The molecular formula is C20H21N3O. The second kappa shape index (κ2) is 7.13. The smallest absolute Gasteiger partial charge is 0.255 e. The second-order valence-corrected chi connectivity index (χ2v) is 6.07. The zero-order valence-electron chi connectivity index (χ0n) is 13.9. The first-order valence-corrected chi connectivity index (χ1v) is 8.11. The number of carbonyl (C=O) groups excluding carboxylic acids is 1. The Labute approximate surface area is 142 Å². The van der Waals surface area contributed by atoms with Gasteiger partial charge in [-0.25, -0.2) is 0 Å². The van der Waals surface area contributed by atoms with Crippen LogP contribution >= 0.6 is 0 Å². The Bertz CT molecular complexity index is 807. The predicted octanol–water partition coefficient (Wildman–Crippen LogP) is 3.74. The second-order valence-electron chi connectivity index (χ2n) is 6.07. The van der Waals surface area contributed by atoms with Crippen LogP contribution in [0, 0.1) is 0 Å². The molecule has 0 bridgehead atoms. The number of hydrogen-bond donors (Lipinski definition) is 1. The van der Waals surface area contributed by atoms with E-state index < -0.39 is 0 Å². The maximum absolute atomic E-state index is 12.6. The largest absolute Gasteiger partial charge is 0.350 e. The van der Waals surface area contributed by atoms with Gasteiger partial charge in [0.25, 0.3) is 5.91 Å². The van der Waals surface area contributed by atoms with Gasteiger partial charge < -0.3 is 5.32 Å². The summed E-state index contributed by atoms with van der Waals surface area (Å²) in [7, 11) is 0. The Morgan fingerprint density at radius 3 is 2.29 bits per heavy atom. The third kappa shape index (κ3) is 3.71. The van der Waals surface area contributed by atoms with E-state index in [2.05, 4.69) is 22.5 Å². The Morgan fingerprint density at radius 2 is 1.67 bits per heavy atom. The Kier molecular flexibility index (Phi) is 4.75. The van der Waals surface area contributed by atoms with E-state index in [-0.39, 0.29) is 11.9 Å². The molecule has 0 atom stereocenters. The number of amides is 1. The molecule has 0 aliphatic heterocycles. The molecule has 1 N–H and O–H groups in total. The molecule has 24 heavy (non-hydrogen) atoms. The van der Waals surface area contributed by atoms with Crippen molar-refractivity contribution < 1.29 is 4.79 Å². The molecule has 1 amide bonds. The lowest BCUT2D eigenvalue weighted by atomic mass is 10.1. The molecule has 0 aliphatic rings. The lowest BCUT2D eigenvalue weighted by Crippen LogP contribution is -2.30. The summed E-state index contributed by atoms with van der Waals surface area (Å²) >= 11 is 0. The minimum absolute atomic E-state index is 0.0820. The predicted molar refractivity (Wildman–Crippen MR) is 95.8 cm³/mol. The van der Waals surface area contributed by atoms with Crippen LogP contribution in [-0.4, -0.2) is 21.7 Å². The van der Waals surface area contributed by atoms with E-state index >= 15 is 0 Å². The van der Waals surface area contributed by atoms with Gasteiger partial charge in [0.05, 0.1) is 12.1 Å². The molecule has 0 saturated carbocycles. The van der Waals surface area contributed by atoms with Gasteiger partial charge in [0.15, 0.2) is 0 Å². The van der Waals surface area contributed by atoms with Crippen LogP contribution < -0.4 is 5.32 Å². The molecule has 1 aromatic heterocycles. The summed E-state index contributed by atoms with van der Waals surface area (Å²) in [6, 6.07) is 20.0. The fraction of sp³-hybridized carbons (Fsp3) is 0.200. The van der Waals surface area contributed by atoms with Crippen LogP contribution in [0.25, 0.3) is 11.3 Å². The van der Waals surface area contributed by atoms with Crippen molar-refractivity contribution in [2.75, 3.05) is 0 Å². The van der Waals surface area contributed by atoms with Gasteiger partial charge in [-0.15, -0.1) is 0 Å². The van der Waals surface area contributed by atoms with Crippen molar-refractivity contribution in [3.8, 4) is 11.3 Å². The Balaban J connectivity index is 1.97. The van der Waals surface area contributed by atoms with Gasteiger partial charge in [-0.2, -0.15) is 5.10 Å². The molecule has 4 heteroatoms. The summed E-state index contributed by atoms with van der Waals surface area (Å²) in [5, 5.41) is 7.61. The monoisotopic (exact) mass is 319 g/mol. The van der Waals surface area contributed by atoms with Gasteiger partial charge in [-0.05, 0) is 19.4 Å². The summed E-state index contributed by atoms with van der Waals surface area (Å²) in [4.78, 5) is 12.6. The highest BCUT2D eigenvalue weighted by atomic mass is 16.1. The van der Waals surface area contributed by atoms with E-state index in [1.807, 2.05) is 73.3 Å². The van der Waals surface area contributed by atoms with Crippen LogP contribution in [0.15, 0.2) is 66.9 Å². The minimum atomic E-state index is -0.0943. The van der Waals surface area contributed by atoms with Crippen molar-refractivity contribution in [1.82, 2.24) is 15.1 Å². The molecule has 122 valence electrons. The fourth-order valence-electron chi connectivity index (χ4n) is 2.59. The van der Waals surface area contributed by atoms with Gasteiger partial charge in [0, 0.05) is 17.8 Å². The highest BCUT2D eigenvalue weighted by molar-refractivity contribution is 5.99. The van der Waals surface area contributed by atoms with E-state index in [9.17, 15) is 4.79 Å². The number of rotatable bonds is 5. The molecule has 2 aromatic carbocycles. The standard InChI is InChI=1S/C20H21N3O/c1-15(2)21-20(24)18-14-23(13-16-9-5-3-6-10-16)22-19(18)17-11-7-4-8-12-17/h3-12,14-15H,13H2,1-2H3,(H,21,24). The first-order chi connectivity index (χ1) is 11.6. The van der Waals surface area contributed by atoms with Crippen molar-refractivity contribution in [2.24, 2.45) is 0 Å². The molecule has 4 nitrogen and oxygen atoms in total. The molecule has 0 radical (unpaired) electrons. The topological polar surface area (TPSA) is 46.9 Å². The normalized spacial score (nSPS) is 10.8. The van der Waals surface area contributed by atoms with Crippen LogP contribution in [-0.2, 0) is 6.54 Å². The third-order valence-corrected chi connectivity index (χ3v) is 3.66. The van der Waals surface area contributed by atoms with E-state index in [1.54, 1.807) is 0 Å². The molecule has 3 rings (SSSR count). The average Bonchev–Trinajstić information content (AvgIpc) is 3.00. The van der Waals surface area contributed by atoms with Crippen LogP contribution in [0.4, 0.5) is 0 Å². The first kappa shape index (κ1) is 16.0. The maximum Gasteiger partial charge on any atom is 0.255 e. The van der Waals surface area contributed by atoms with Crippen molar-refractivity contribution in [3.63, 3.8) is 0 Å². The summed E-state index contributed by atoms with van der Waals surface area (Å²) < 4.78 is 1.83. The number of nitrogens with one attached hydrogen (secondary N) is 1. The van der Waals surface area contributed by atoms with Gasteiger partial charge in [-0.1, -0.05) is 60.7 Å². The van der Waals surface area contributed by atoms with E-state index in [4.69, 9.17) is 0 Å². The number of aromatic nitrogens is 2. The van der Waals surface area contributed by atoms with Crippen molar-refractivity contribution in [2.45, 2.75) is 26.4 Å². The number of nitrogens with zero attached hydrogens (tertiary/aromatic N) is 2. The SMILES string of the molecule is CC(C)NC(=O)c1cn(Cc2ccccc2)nc1-c1ccccc1. The van der Waals surface area contributed by atoms with Gasteiger partial charge >= 0.3 is 0 Å². The van der Waals surface area contributed by atoms with Gasteiger partial charge in [0.1, 0.15) is 5.69 Å². The van der Waals surface area contributed by atoms with Gasteiger partial charge in [0.2, 0.25) is 0 Å². The van der Waals surface area contributed by atoms with Crippen molar-refractivity contribution in [3.05, 3.63) is 78.0 Å². The molecule has 0 unspecified atom stereocenters. The quantitative estimate of drug-likeness (QED) is 0.779. The fourth-order valence-corrected chi connectivity index (χ4v) is 2.59. The van der Waals surface area contributed by atoms with Crippen molar-refractivity contribution >= 4 is 5.91 Å². The van der Waals surface area contributed by atoms with E-state index in [1.165, 1.54) is 0 Å². The molecule has 0 aliphatic carbocycles. The third-order valence-electron chi connectivity index (χ3n) is 3.66. The summed E-state index contributed by atoms with van der Waals surface area (Å²) in [6.45, 7) is 4.54. The zero-order chi connectivity index (χ0) is 16.9. The van der Waals surface area contributed by atoms with Crippen molar-refractivity contribution in [1.29, 1.82) is 0 Å². The van der Waals surface area contributed by atoms with Crippen LogP contribution in [0.3, 0.4) is 0 Å². The average molecular weight is 319 g/mol. The lowest BCUT2D eigenvalue weighted by Gasteiger charge is -2.07.